The van der Waals surface area contributed by atoms with Gasteiger partial charge in [0.15, 0.2) is 0 Å². The molecule has 0 aliphatic carbocycles. The molecule has 0 spiro atoms. The molecular weight excluding hydrogens is 243 g/mol. The first-order chi connectivity index (χ1) is 8.54. The van der Waals surface area contributed by atoms with Gasteiger partial charge in [0.1, 0.15) is 0 Å². The minimum Gasteiger partial charge on any atom is -0.382 e. The van der Waals surface area contributed by atoms with Crippen molar-refractivity contribution in [2.45, 2.75) is 26.1 Å². The number of halogens is 3. The van der Waals surface area contributed by atoms with E-state index in [0.717, 1.165) is 30.7 Å². The molecule has 0 unspecified atom stereocenters. The number of benzene rings is 1. The van der Waals surface area contributed by atoms with Gasteiger partial charge in [-0.25, -0.2) is 0 Å². The summed E-state index contributed by atoms with van der Waals surface area (Å²) in [6.07, 6.45) is -3.36. The molecule has 1 rings (SSSR count). The Morgan fingerprint density at radius 2 is 1.83 bits per heavy atom. The van der Waals surface area contributed by atoms with Crippen LogP contribution in [0.15, 0.2) is 24.3 Å². The van der Waals surface area contributed by atoms with E-state index in [1.165, 1.54) is 12.1 Å². The second-order valence-corrected chi connectivity index (χ2v) is 3.92. The second kappa shape index (κ2) is 7.38. The molecule has 5 heteroatoms. The highest BCUT2D eigenvalue weighted by Gasteiger charge is 2.29. The van der Waals surface area contributed by atoms with E-state index >= 15 is 0 Å². The van der Waals surface area contributed by atoms with Crippen LogP contribution in [0.2, 0.25) is 0 Å². The summed E-state index contributed by atoms with van der Waals surface area (Å²) in [6, 6.07) is 5.21. The van der Waals surface area contributed by atoms with E-state index < -0.39 is 11.7 Å². The highest BCUT2D eigenvalue weighted by Crippen LogP contribution is 2.28. The molecule has 0 fully saturated rings. The summed E-state index contributed by atoms with van der Waals surface area (Å²) in [7, 11) is 0. The number of nitrogens with one attached hydrogen (secondary N) is 1. The standard InChI is InChI=1S/C13H18F3NO/c1-2-18-9-3-8-17-10-11-4-6-12(7-5-11)13(14,15)16/h4-7,17H,2-3,8-10H2,1H3. The van der Waals surface area contributed by atoms with Crippen LogP contribution < -0.4 is 5.32 Å². The maximum Gasteiger partial charge on any atom is 0.416 e. The zero-order valence-corrected chi connectivity index (χ0v) is 10.4. The van der Waals surface area contributed by atoms with E-state index in [9.17, 15) is 13.2 Å². The summed E-state index contributed by atoms with van der Waals surface area (Å²) < 4.78 is 42.1. The smallest absolute Gasteiger partial charge is 0.382 e. The first-order valence-corrected chi connectivity index (χ1v) is 5.98. The number of hydrogen-bond acceptors (Lipinski definition) is 2. The maximum absolute atomic E-state index is 12.3. The van der Waals surface area contributed by atoms with E-state index in [0.29, 0.717) is 19.8 Å². The normalized spacial score (nSPS) is 11.8. The zero-order chi connectivity index (χ0) is 13.4. The molecule has 1 aromatic carbocycles. The van der Waals surface area contributed by atoms with Gasteiger partial charge in [-0.2, -0.15) is 13.2 Å². The van der Waals surface area contributed by atoms with Gasteiger partial charge in [-0.15, -0.1) is 0 Å². The quantitative estimate of drug-likeness (QED) is 0.761. The van der Waals surface area contributed by atoms with Crippen molar-refractivity contribution in [1.82, 2.24) is 5.32 Å². The molecule has 18 heavy (non-hydrogen) atoms. The fourth-order valence-electron chi connectivity index (χ4n) is 1.49. The fraction of sp³-hybridized carbons (Fsp3) is 0.538. The van der Waals surface area contributed by atoms with Crippen LogP contribution in [0.1, 0.15) is 24.5 Å². The van der Waals surface area contributed by atoms with Gasteiger partial charge in [0.05, 0.1) is 5.56 Å². The number of alkyl halides is 3. The molecule has 0 amide bonds. The molecule has 0 saturated heterocycles. The van der Waals surface area contributed by atoms with Crippen molar-refractivity contribution in [2.75, 3.05) is 19.8 Å². The Bertz CT molecular complexity index is 335. The molecule has 0 aliphatic rings. The molecule has 102 valence electrons. The van der Waals surface area contributed by atoms with E-state index in [-0.39, 0.29) is 0 Å². The monoisotopic (exact) mass is 261 g/mol. The average Bonchev–Trinajstić information content (AvgIpc) is 2.33. The molecule has 0 aromatic heterocycles. The topological polar surface area (TPSA) is 21.3 Å². The summed E-state index contributed by atoms with van der Waals surface area (Å²) >= 11 is 0. The van der Waals surface area contributed by atoms with E-state index in [4.69, 9.17) is 4.74 Å². The molecule has 0 radical (unpaired) electrons. The van der Waals surface area contributed by atoms with E-state index in [1.807, 2.05) is 6.92 Å². The minimum atomic E-state index is -4.26. The maximum atomic E-state index is 12.3. The van der Waals surface area contributed by atoms with Crippen molar-refractivity contribution < 1.29 is 17.9 Å². The van der Waals surface area contributed by atoms with Gasteiger partial charge in [-0.1, -0.05) is 12.1 Å². The third-order valence-electron chi connectivity index (χ3n) is 2.46. The SMILES string of the molecule is CCOCCCNCc1ccc(C(F)(F)F)cc1. The first-order valence-electron chi connectivity index (χ1n) is 5.98. The van der Waals surface area contributed by atoms with Crippen LogP contribution in [0.3, 0.4) is 0 Å². The van der Waals surface area contributed by atoms with Gasteiger partial charge in [-0.05, 0) is 37.6 Å². The minimum absolute atomic E-state index is 0.574. The molecule has 0 aliphatic heterocycles. The number of rotatable bonds is 7. The van der Waals surface area contributed by atoms with Gasteiger partial charge in [0.25, 0.3) is 0 Å². The lowest BCUT2D eigenvalue weighted by atomic mass is 10.1. The van der Waals surface area contributed by atoms with Crippen LogP contribution >= 0.6 is 0 Å². The van der Waals surface area contributed by atoms with Crippen molar-refractivity contribution in [3.63, 3.8) is 0 Å². The van der Waals surface area contributed by atoms with Crippen LogP contribution in [0.25, 0.3) is 0 Å². The highest BCUT2D eigenvalue weighted by molar-refractivity contribution is 5.24. The molecular formula is C13H18F3NO. The summed E-state index contributed by atoms with van der Waals surface area (Å²) in [5.74, 6) is 0. The van der Waals surface area contributed by atoms with Gasteiger partial charge >= 0.3 is 6.18 Å². The fourth-order valence-corrected chi connectivity index (χ4v) is 1.49. The summed E-state index contributed by atoms with van der Waals surface area (Å²) in [5, 5.41) is 3.16. The Balaban J connectivity index is 2.27. The Hall–Kier alpha value is -1.07. The van der Waals surface area contributed by atoms with Crippen LogP contribution in [-0.4, -0.2) is 19.8 Å². The molecule has 1 aromatic rings. The van der Waals surface area contributed by atoms with Crippen molar-refractivity contribution in [3.8, 4) is 0 Å². The van der Waals surface area contributed by atoms with E-state index in [2.05, 4.69) is 5.32 Å². The Morgan fingerprint density at radius 1 is 1.17 bits per heavy atom. The predicted octanol–water partition coefficient (Wildman–Crippen LogP) is 3.22. The largest absolute Gasteiger partial charge is 0.416 e. The average molecular weight is 261 g/mol. The Morgan fingerprint density at radius 3 is 2.39 bits per heavy atom. The number of ether oxygens (including phenoxy) is 1. The molecule has 0 bridgehead atoms. The lowest BCUT2D eigenvalue weighted by molar-refractivity contribution is -0.137. The molecule has 1 N–H and O–H groups in total. The van der Waals surface area contributed by atoms with Crippen LogP contribution in [0, 0.1) is 0 Å². The Kier molecular flexibility index (Phi) is 6.15. The summed E-state index contributed by atoms with van der Waals surface area (Å²) in [5.41, 5.74) is 0.238. The lowest BCUT2D eigenvalue weighted by Gasteiger charge is -2.08. The van der Waals surface area contributed by atoms with Crippen LogP contribution in [0.4, 0.5) is 13.2 Å². The van der Waals surface area contributed by atoms with Gasteiger partial charge in [0, 0.05) is 19.8 Å². The Labute approximate surface area is 105 Å². The molecule has 2 nitrogen and oxygen atoms in total. The third kappa shape index (κ3) is 5.51. The first kappa shape index (κ1) is 15.0. The zero-order valence-electron chi connectivity index (χ0n) is 10.4. The van der Waals surface area contributed by atoms with Crippen LogP contribution in [-0.2, 0) is 17.5 Å². The van der Waals surface area contributed by atoms with Crippen LogP contribution in [0.5, 0.6) is 0 Å². The van der Waals surface area contributed by atoms with Gasteiger partial charge in [-0.3, -0.25) is 0 Å². The lowest BCUT2D eigenvalue weighted by Crippen LogP contribution is -2.16. The molecule has 0 saturated carbocycles. The third-order valence-corrected chi connectivity index (χ3v) is 2.46. The van der Waals surface area contributed by atoms with Gasteiger partial charge < -0.3 is 10.1 Å². The predicted molar refractivity (Wildman–Crippen MR) is 64.3 cm³/mol. The second-order valence-electron chi connectivity index (χ2n) is 3.92. The van der Waals surface area contributed by atoms with Crippen molar-refractivity contribution in [3.05, 3.63) is 35.4 Å². The summed E-state index contributed by atoms with van der Waals surface area (Å²) in [6.45, 7) is 4.72. The number of hydrogen-bond donors (Lipinski definition) is 1. The van der Waals surface area contributed by atoms with E-state index in [1.54, 1.807) is 0 Å². The van der Waals surface area contributed by atoms with Crippen molar-refractivity contribution >= 4 is 0 Å². The summed E-state index contributed by atoms with van der Waals surface area (Å²) in [4.78, 5) is 0. The van der Waals surface area contributed by atoms with Crippen molar-refractivity contribution in [1.29, 1.82) is 0 Å². The highest BCUT2D eigenvalue weighted by atomic mass is 19.4. The molecule has 0 heterocycles. The molecule has 0 atom stereocenters. The van der Waals surface area contributed by atoms with Gasteiger partial charge in [0.2, 0.25) is 0 Å². The van der Waals surface area contributed by atoms with Crippen molar-refractivity contribution in [2.24, 2.45) is 0 Å².